The summed E-state index contributed by atoms with van der Waals surface area (Å²) in [6.45, 7) is 3.40. The maximum Gasteiger partial charge on any atom is 0.251 e. The number of halogens is 1. The summed E-state index contributed by atoms with van der Waals surface area (Å²) in [4.78, 5) is 15.6. The van der Waals surface area contributed by atoms with Crippen LogP contribution in [0.5, 0.6) is 0 Å². The van der Waals surface area contributed by atoms with Gasteiger partial charge in [0.25, 0.3) is 5.91 Å². The van der Waals surface area contributed by atoms with Gasteiger partial charge in [-0.1, -0.05) is 60.1 Å². The van der Waals surface area contributed by atoms with E-state index in [2.05, 4.69) is 16.3 Å². The molecule has 1 unspecified atom stereocenters. The van der Waals surface area contributed by atoms with E-state index in [-0.39, 0.29) is 11.9 Å². The molecule has 0 spiro atoms. The van der Waals surface area contributed by atoms with Crippen LogP contribution in [-0.2, 0) is 4.74 Å². The van der Waals surface area contributed by atoms with E-state index in [1.165, 1.54) is 0 Å². The summed E-state index contributed by atoms with van der Waals surface area (Å²) in [6, 6.07) is 24.7. The van der Waals surface area contributed by atoms with Gasteiger partial charge in [0.2, 0.25) is 0 Å². The van der Waals surface area contributed by atoms with Gasteiger partial charge in [0, 0.05) is 35.8 Å². The van der Waals surface area contributed by atoms with Crippen molar-refractivity contribution in [3.63, 3.8) is 0 Å². The Morgan fingerprint density at radius 2 is 1.66 bits per heavy atom. The number of ether oxygens (including phenoxy) is 1. The highest BCUT2D eigenvalue weighted by Gasteiger charge is 2.24. The zero-order chi connectivity index (χ0) is 22.3. The second-order valence-corrected chi connectivity index (χ2v) is 8.07. The fourth-order valence-electron chi connectivity index (χ4n) is 4.05. The van der Waals surface area contributed by atoms with Gasteiger partial charge in [-0.25, -0.2) is 0 Å². The van der Waals surface area contributed by atoms with Gasteiger partial charge >= 0.3 is 0 Å². The number of benzene rings is 3. The Labute approximate surface area is 193 Å². The Balaban J connectivity index is 1.58. The van der Waals surface area contributed by atoms with Gasteiger partial charge in [-0.2, -0.15) is 5.26 Å². The van der Waals surface area contributed by atoms with Crippen molar-refractivity contribution >= 4 is 17.5 Å². The summed E-state index contributed by atoms with van der Waals surface area (Å²) in [5, 5.41) is 13.3. The van der Waals surface area contributed by atoms with Crippen LogP contribution in [0.3, 0.4) is 0 Å². The summed E-state index contributed by atoms with van der Waals surface area (Å²) in [5.41, 5.74) is 3.69. The molecule has 6 heteroatoms. The molecular formula is C26H24ClN3O2. The normalized spacial score (nSPS) is 15.0. The van der Waals surface area contributed by atoms with Gasteiger partial charge in [0.1, 0.15) is 0 Å². The first-order chi connectivity index (χ1) is 15.7. The highest BCUT2D eigenvalue weighted by atomic mass is 35.5. The molecular weight excluding hydrogens is 422 g/mol. The summed E-state index contributed by atoms with van der Waals surface area (Å²) in [7, 11) is 0. The molecule has 162 valence electrons. The smallest absolute Gasteiger partial charge is 0.251 e. The predicted molar refractivity (Wildman–Crippen MR) is 126 cm³/mol. The van der Waals surface area contributed by atoms with Crippen molar-refractivity contribution in [1.29, 1.82) is 5.26 Å². The van der Waals surface area contributed by atoms with Crippen LogP contribution in [0.2, 0.25) is 5.02 Å². The molecule has 1 N–H and O–H groups in total. The van der Waals surface area contributed by atoms with Crippen molar-refractivity contribution in [1.82, 2.24) is 10.2 Å². The van der Waals surface area contributed by atoms with E-state index in [4.69, 9.17) is 16.3 Å². The van der Waals surface area contributed by atoms with E-state index in [0.717, 1.165) is 29.8 Å². The molecule has 0 aliphatic carbocycles. The van der Waals surface area contributed by atoms with Gasteiger partial charge in [-0.3, -0.25) is 9.69 Å². The zero-order valence-corrected chi connectivity index (χ0v) is 18.4. The second kappa shape index (κ2) is 10.4. The van der Waals surface area contributed by atoms with E-state index in [1.54, 1.807) is 12.1 Å². The van der Waals surface area contributed by atoms with Crippen LogP contribution in [-0.4, -0.2) is 43.7 Å². The topological polar surface area (TPSA) is 65.4 Å². The number of hydrogen-bond acceptors (Lipinski definition) is 4. The number of rotatable bonds is 6. The number of nitrogens with one attached hydrogen (secondary N) is 1. The lowest BCUT2D eigenvalue weighted by atomic mass is 9.95. The molecule has 1 fully saturated rings. The van der Waals surface area contributed by atoms with Crippen molar-refractivity contribution in [2.24, 2.45) is 0 Å². The predicted octanol–water partition coefficient (Wildman–Crippen LogP) is 4.68. The maximum atomic E-state index is 13.3. The molecule has 1 heterocycles. The number of nitrogens with zero attached hydrogens (tertiary/aromatic N) is 2. The van der Waals surface area contributed by atoms with Gasteiger partial charge < -0.3 is 10.1 Å². The van der Waals surface area contributed by atoms with E-state index >= 15 is 0 Å². The van der Waals surface area contributed by atoms with Crippen LogP contribution >= 0.6 is 11.6 Å². The van der Waals surface area contributed by atoms with Crippen LogP contribution in [0.1, 0.15) is 27.5 Å². The largest absolute Gasteiger partial charge is 0.379 e. The quantitative estimate of drug-likeness (QED) is 0.598. The monoisotopic (exact) mass is 445 g/mol. The number of hydrogen-bond donors (Lipinski definition) is 1. The third kappa shape index (κ3) is 5.00. The summed E-state index contributed by atoms with van der Waals surface area (Å²) >= 11 is 6.08. The number of morpholine rings is 1. The van der Waals surface area contributed by atoms with E-state index in [9.17, 15) is 10.1 Å². The second-order valence-electron chi connectivity index (χ2n) is 7.63. The number of nitriles is 1. The van der Waals surface area contributed by atoms with Crippen LogP contribution < -0.4 is 5.32 Å². The molecule has 32 heavy (non-hydrogen) atoms. The lowest BCUT2D eigenvalue weighted by Crippen LogP contribution is -2.43. The molecule has 3 aromatic rings. The van der Waals surface area contributed by atoms with Crippen LogP contribution in [0, 0.1) is 11.3 Å². The first kappa shape index (κ1) is 22.0. The average Bonchev–Trinajstić information content (AvgIpc) is 2.85. The van der Waals surface area contributed by atoms with Gasteiger partial charge in [0.15, 0.2) is 0 Å². The van der Waals surface area contributed by atoms with Gasteiger partial charge in [0.05, 0.1) is 30.9 Å². The maximum absolute atomic E-state index is 13.3. The standard InChI is InChI=1S/C26H24ClN3O2/c27-21-11-9-19(10-12-21)25(30-13-15-32-16-14-30)18-29-26(31)24-8-4-3-7-23(24)22-6-2-1-5-20(22)17-28/h1-12,25H,13-16,18H2,(H,29,31). The molecule has 0 bridgehead atoms. The molecule has 1 aliphatic heterocycles. The third-order valence-corrected chi connectivity index (χ3v) is 5.96. The molecule has 0 aromatic heterocycles. The minimum absolute atomic E-state index is 0.0127. The number of amides is 1. The first-order valence-electron chi connectivity index (χ1n) is 10.6. The molecule has 1 amide bonds. The van der Waals surface area contributed by atoms with Crippen LogP contribution in [0.25, 0.3) is 11.1 Å². The molecule has 4 rings (SSSR count). The minimum atomic E-state index is -0.166. The fraction of sp³-hybridized carbons (Fsp3) is 0.231. The zero-order valence-electron chi connectivity index (χ0n) is 17.6. The molecule has 1 aliphatic rings. The Hall–Kier alpha value is -3.17. The molecule has 0 radical (unpaired) electrons. The summed E-state index contributed by atoms with van der Waals surface area (Å²) in [5.74, 6) is -0.166. The van der Waals surface area contributed by atoms with Crippen LogP contribution in [0.4, 0.5) is 0 Å². The highest BCUT2D eigenvalue weighted by Crippen LogP contribution is 2.27. The molecule has 1 atom stereocenters. The fourth-order valence-corrected chi connectivity index (χ4v) is 4.17. The summed E-state index contributed by atoms with van der Waals surface area (Å²) in [6.07, 6.45) is 0. The Morgan fingerprint density at radius 3 is 2.38 bits per heavy atom. The van der Waals surface area contributed by atoms with E-state index in [1.807, 2.05) is 60.7 Å². The van der Waals surface area contributed by atoms with Crippen LogP contribution in [0.15, 0.2) is 72.8 Å². The van der Waals surface area contributed by atoms with Crippen molar-refractivity contribution < 1.29 is 9.53 Å². The first-order valence-corrected chi connectivity index (χ1v) is 11.0. The van der Waals surface area contributed by atoms with Gasteiger partial charge in [-0.05, 0) is 35.4 Å². The van der Waals surface area contributed by atoms with Gasteiger partial charge in [-0.15, -0.1) is 0 Å². The lowest BCUT2D eigenvalue weighted by molar-refractivity contribution is 0.0162. The molecule has 0 saturated carbocycles. The lowest BCUT2D eigenvalue weighted by Gasteiger charge is -2.35. The number of carbonyl (C=O) groups is 1. The van der Waals surface area contributed by atoms with Crippen molar-refractivity contribution in [3.8, 4) is 17.2 Å². The SMILES string of the molecule is N#Cc1ccccc1-c1ccccc1C(=O)NCC(c1ccc(Cl)cc1)N1CCOCC1. The van der Waals surface area contributed by atoms with E-state index < -0.39 is 0 Å². The number of carbonyl (C=O) groups excluding carboxylic acids is 1. The van der Waals surface area contributed by atoms with Crippen molar-refractivity contribution in [2.75, 3.05) is 32.8 Å². The molecule has 5 nitrogen and oxygen atoms in total. The summed E-state index contributed by atoms with van der Waals surface area (Å²) < 4.78 is 5.51. The Morgan fingerprint density at radius 1 is 1.00 bits per heavy atom. The minimum Gasteiger partial charge on any atom is -0.379 e. The third-order valence-electron chi connectivity index (χ3n) is 5.71. The van der Waals surface area contributed by atoms with E-state index in [0.29, 0.717) is 35.9 Å². The Bertz CT molecular complexity index is 1120. The Kier molecular flexibility index (Phi) is 7.18. The van der Waals surface area contributed by atoms with Crippen molar-refractivity contribution in [2.45, 2.75) is 6.04 Å². The average molecular weight is 446 g/mol. The molecule has 1 saturated heterocycles. The molecule has 3 aromatic carbocycles. The highest BCUT2D eigenvalue weighted by molar-refractivity contribution is 6.30. The van der Waals surface area contributed by atoms with Crippen molar-refractivity contribution in [3.05, 3.63) is 94.5 Å².